The third kappa shape index (κ3) is 2.61. The summed E-state index contributed by atoms with van der Waals surface area (Å²) in [6.07, 6.45) is 1.97. The van der Waals surface area contributed by atoms with Gasteiger partial charge in [0.15, 0.2) is 0 Å². The van der Waals surface area contributed by atoms with Gasteiger partial charge in [-0.05, 0) is 18.1 Å². The highest BCUT2D eigenvalue weighted by Gasteiger charge is 2.20. The Morgan fingerprint density at radius 3 is 2.69 bits per heavy atom. The maximum Gasteiger partial charge on any atom is 0.218 e. The molecule has 0 saturated carbocycles. The highest BCUT2D eigenvalue weighted by molar-refractivity contribution is 5.74. The number of carbonyl (C=O) groups excluding carboxylic acids is 1. The molecular weight excluding hydrogens is 166 g/mol. The van der Waals surface area contributed by atoms with Crippen LogP contribution in [-0.4, -0.2) is 5.91 Å². The van der Waals surface area contributed by atoms with E-state index in [1.807, 2.05) is 12.1 Å². The lowest BCUT2D eigenvalue weighted by molar-refractivity contribution is -0.118. The van der Waals surface area contributed by atoms with Gasteiger partial charge in [0.25, 0.3) is 0 Å². The van der Waals surface area contributed by atoms with Gasteiger partial charge in [-0.1, -0.05) is 13.8 Å². The Bertz CT molecular complexity index is 264. The molecule has 0 spiro atoms. The summed E-state index contributed by atoms with van der Waals surface area (Å²) in [5.41, 5.74) is 5.16. The van der Waals surface area contributed by atoms with Gasteiger partial charge in [-0.15, -0.1) is 0 Å². The number of nitrogens with two attached hydrogens (primary N) is 1. The van der Waals surface area contributed by atoms with Crippen LogP contribution in [-0.2, 0) is 4.79 Å². The summed E-state index contributed by atoms with van der Waals surface area (Å²) in [4.78, 5) is 10.8. The molecule has 0 radical (unpaired) electrons. The van der Waals surface area contributed by atoms with Crippen LogP contribution in [0.4, 0.5) is 0 Å². The number of hydrogen-bond acceptors (Lipinski definition) is 2. The Labute approximate surface area is 77.9 Å². The van der Waals surface area contributed by atoms with Crippen molar-refractivity contribution < 1.29 is 9.21 Å². The lowest BCUT2D eigenvalue weighted by Crippen LogP contribution is -2.18. The van der Waals surface area contributed by atoms with E-state index >= 15 is 0 Å². The molecule has 1 aromatic rings. The smallest absolute Gasteiger partial charge is 0.218 e. The van der Waals surface area contributed by atoms with Crippen LogP contribution in [0.2, 0.25) is 0 Å². The Kier molecular flexibility index (Phi) is 3.12. The van der Waals surface area contributed by atoms with E-state index < -0.39 is 0 Å². The van der Waals surface area contributed by atoms with Crippen LogP contribution in [0.1, 0.15) is 31.9 Å². The second kappa shape index (κ2) is 4.12. The van der Waals surface area contributed by atoms with Gasteiger partial charge in [0, 0.05) is 12.3 Å². The van der Waals surface area contributed by atoms with Gasteiger partial charge in [0.1, 0.15) is 5.76 Å². The number of rotatable bonds is 4. The zero-order valence-corrected chi connectivity index (χ0v) is 7.99. The molecule has 13 heavy (non-hydrogen) atoms. The van der Waals surface area contributed by atoms with E-state index in [0.29, 0.717) is 12.3 Å². The van der Waals surface area contributed by atoms with E-state index in [-0.39, 0.29) is 11.8 Å². The zero-order valence-electron chi connectivity index (χ0n) is 7.99. The van der Waals surface area contributed by atoms with Gasteiger partial charge in [-0.2, -0.15) is 0 Å². The van der Waals surface area contributed by atoms with E-state index in [1.165, 1.54) is 0 Å². The molecule has 72 valence electrons. The predicted octanol–water partition coefficient (Wildman–Crippen LogP) is 1.89. The van der Waals surface area contributed by atoms with E-state index in [2.05, 4.69) is 13.8 Å². The predicted molar refractivity (Wildman–Crippen MR) is 50.1 cm³/mol. The molecule has 0 aliphatic carbocycles. The van der Waals surface area contributed by atoms with Crippen molar-refractivity contribution in [1.82, 2.24) is 0 Å². The first-order chi connectivity index (χ1) is 6.11. The van der Waals surface area contributed by atoms with Gasteiger partial charge in [-0.25, -0.2) is 0 Å². The van der Waals surface area contributed by atoms with Crippen molar-refractivity contribution >= 4 is 5.91 Å². The van der Waals surface area contributed by atoms with Crippen molar-refractivity contribution in [2.24, 2.45) is 11.7 Å². The summed E-state index contributed by atoms with van der Waals surface area (Å²) in [5, 5.41) is 0. The molecule has 1 aromatic heterocycles. The number of carbonyl (C=O) groups is 1. The summed E-state index contributed by atoms with van der Waals surface area (Å²) in [6, 6.07) is 3.71. The summed E-state index contributed by atoms with van der Waals surface area (Å²) < 4.78 is 5.25. The Morgan fingerprint density at radius 1 is 1.62 bits per heavy atom. The quantitative estimate of drug-likeness (QED) is 0.771. The number of primary amides is 1. The molecule has 3 heteroatoms. The average Bonchev–Trinajstić information content (AvgIpc) is 2.50. The van der Waals surface area contributed by atoms with Gasteiger partial charge in [0.05, 0.1) is 6.26 Å². The van der Waals surface area contributed by atoms with Crippen LogP contribution in [0, 0.1) is 5.92 Å². The van der Waals surface area contributed by atoms with Crippen LogP contribution in [0.25, 0.3) is 0 Å². The molecule has 1 heterocycles. The van der Waals surface area contributed by atoms with E-state index in [4.69, 9.17) is 10.2 Å². The van der Waals surface area contributed by atoms with Crippen LogP contribution >= 0.6 is 0 Å². The Hall–Kier alpha value is -1.25. The maximum atomic E-state index is 10.8. The van der Waals surface area contributed by atoms with Crippen LogP contribution in [0.5, 0.6) is 0 Å². The molecule has 0 aliphatic heterocycles. The molecule has 0 unspecified atom stereocenters. The monoisotopic (exact) mass is 181 g/mol. The maximum absolute atomic E-state index is 10.8. The van der Waals surface area contributed by atoms with E-state index in [0.717, 1.165) is 5.76 Å². The lowest BCUT2D eigenvalue weighted by atomic mass is 9.90. The van der Waals surface area contributed by atoms with Gasteiger partial charge in [0.2, 0.25) is 5.91 Å². The fourth-order valence-electron chi connectivity index (χ4n) is 1.38. The zero-order chi connectivity index (χ0) is 9.84. The van der Waals surface area contributed by atoms with Crippen LogP contribution in [0.15, 0.2) is 22.8 Å². The minimum Gasteiger partial charge on any atom is -0.469 e. The second-order valence-corrected chi connectivity index (χ2v) is 3.54. The second-order valence-electron chi connectivity index (χ2n) is 3.54. The molecule has 1 rings (SSSR count). The summed E-state index contributed by atoms with van der Waals surface area (Å²) in [7, 11) is 0. The third-order valence-electron chi connectivity index (χ3n) is 2.13. The highest BCUT2D eigenvalue weighted by atomic mass is 16.3. The molecule has 0 saturated heterocycles. The Morgan fingerprint density at radius 2 is 2.31 bits per heavy atom. The standard InChI is InChI=1S/C10H15NO2/c1-7(2)8(6-10(11)12)9-4-3-5-13-9/h3-5,7-8H,6H2,1-2H3,(H2,11,12)/t8-/m0/s1. The van der Waals surface area contributed by atoms with E-state index in [9.17, 15) is 4.79 Å². The van der Waals surface area contributed by atoms with Crippen molar-refractivity contribution in [2.75, 3.05) is 0 Å². The minimum atomic E-state index is -0.282. The third-order valence-corrected chi connectivity index (χ3v) is 2.13. The van der Waals surface area contributed by atoms with Gasteiger partial charge >= 0.3 is 0 Å². The molecule has 0 fully saturated rings. The summed E-state index contributed by atoms with van der Waals surface area (Å²) in [5.74, 6) is 1.02. The van der Waals surface area contributed by atoms with Crippen molar-refractivity contribution in [3.05, 3.63) is 24.2 Å². The SMILES string of the molecule is CC(C)[C@H](CC(N)=O)c1ccco1. The first-order valence-corrected chi connectivity index (χ1v) is 4.43. The molecule has 0 aromatic carbocycles. The topological polar surface area (TPSA) is 56.2 Å². The normalized spacial score (nSPS) is 13.2. The fourth-order valence-corrected chi connectivity index (χ4v) is 1.38. The van der Waals surface area contributed by atoms with Gasteiger partial charge < -0.3 is 10.2 Å². The van der Waals surface area contributed by atoms with E-state index in [1.54, 1.807) is 6.26 Å². The molecule has 0 aliphatic rings. The van der Waals surface area contributed by atoms with Crippen molar-refractivity contribution in [3.8, 4) is 0 Å². The highest BCUT2D eigenvalue weighted by Crippen LogP contribution is 2.27. The average molecular weight is 181 g/mol. The fraction of sp³-hybridized carbons (Fsp3) is 0.500. The first-order valence-electron chi connectivity index (χ1n) is 4.43. The van der Waals surface area contributed by atoms with Crippen molar-refractivity contribution in [1.29, 1.82) is 0 Å². The number of hydrogen-bond donors (Lipinski definition) is 1. The molecule has 0 bridgehead atoms. The molecule has 3 nitrogen and oxygen atoms in total. The number of furan rings is 1. The molecule has 2 N–H and O–H groups in total. The molecule has 1 atom stereocenters. The van der Waals surface area contributed by atoms with Crippen LogP contribution < -0.4 is 5.73 Å². The van der Waals surface area contributed by atoms with Crippen molar-refractivity contribution in [3.63, 3.8) is 0 Å². The number of amides is 1. The Balaban J connectivity index is 2.74. The summed E-state index contributed by atoms with van der Waals surface area (Å²) in [6.45, 7) is 4.10. The van der Waals surface area contributed by atoms with Gasteiger partial charge in [-0.3, -0.25) is 4.79 Å². The summed E-state index contributed by atoms with van der Waals surface area (Å²) >= 11 is 0. The molecule has 1 amide bonds. The largest absolute Gasteiger partial charge is 0.469 e. The molecular formula is C10H15NO2. The van der Waals surface area contributed by atoms with Crippen molar-refractivity contribution in [2.45, 2.75) is 26.2 Å². The van der Waals surface area contributed by atoms with Crippen LogP contribution in [0.3, 0.4) is 0 Å². The minimum absolute atomic E-state index is 0.104. The lowest BCUT2D eigenvalue weighted by Gasteiger charge is -2.16. The first kappa shape index (κ1) is 9.84.